The molecule has 0 heterocycles. The van der Waals surface area contributed by atoms with E-state index in [2.05, 4.69) is 10.6 Å². The Kier molecular flexibility index (Phi) is 6.88. The molecule has 0 fully saturated rings. The Labute approximate surface area is 158 Å². The number of primary amides is 1. The maximum atomic E-state index is 12.3. The number of hydrogen-bond acceptors (Lipinski definition) is 3. The second-order valence-electron chi connectivity index (χ2n) is 6.20. The molecule has 0 aliphatic carbocycles. The number of anilines is 1. The van der Waals surface area contributed by atoms with Crippen molar-refractivity contribution in [1.29, 1.82) is 0 Å². The summed E-state index contributed by atoms with van der Waals surface area (Å²) in [4.78, 5) is 35.3. The number of rotatable bonds is 7. The van der Waals surface area contributed by atoms with Crippen LogP contribution in [0.3, 0.4) is 0 Å². The Bertz CT molecular complexity index is 888. The number of carbonyl (C=O) groups is 3. The van der Waals surface area contributed by atoms with E-state index in [1.165, 1.54) is 6.08 Å². The first-order valence-corrected chi connectivity index (χ1v) is 8.58. The molecule has 0 radical (unpaired) electrons. The highest BCUT2D eigenvalue weighted by atomic mass is 16.2. The van der Waals surface area contributed by atoms with Crippen molar-refractivity contribution >= 4 is 29.5 Å². The second-order valence-corrected chi connectivity index (χ2v) is 6.20. The number of nitrogens with one attached hydrogen (secondary N) is 2. The number of aryl methyl sites for hydroxylation is 2. The fourth-order valence-electron chi connectivity index (χ4n) is 2.54. The van der Waals surface area contributed by atoms with Gasteiger partial charge in [-0.25, -0.2) is 0 Å². The van der Waals surface area contributed by atoms with E-state index >= 15 is 0 Å². The molecule has 2 rings (SSSR count). The molecular formula is C21H23N3O3. The largest absolute Gasteiger partial charge is 0.370 e. The predicted molar refractivity (Wildman–Crippen MR) is 106 cm³/mol. The van der Waals surface area contributed by atoms with Crippen LogP contribution in [-0.4, -0.2) is 24.3 Å². The molecule has 140 valence electrons. The van der Waals surface area contributed by atoms with Gasteiger partial charge in [0.1, 0.15) is 0 Å². The molecule has 2 aromatic rings. The summed E-state index contributed by atoms with van der Waals surface area (Å²) in [5.41, 5.74) is 8.95. The van der Waals surface area contributed by atoms with Crippen LogP contribution in [0.25, 0.3) is 6.08 Å². The molecule has 0 aliphatic heterocycles. The summed E-state index contributed by atoms with van der Waals surface area (Å²) >= 11 is 0. The van der Waals surface area contributed by atoms with E-state index in [9.17, 15) is 14.4 Å². The Balaban J connectivity index is 2.06. The van der Waals surface area contributed by atoms with Crippen molar-refractivity contribution in [2.45, 2.75) is 20.3 Å². The minimum atomic E-state index is -0.492. The molecule has 0 unspecified atom stereocenters. The third-order valence-electron chi connectivity index (χ3n) is 3.93. The van der Waals surface area contributed by atoms with E-state index < -0.39 is 5.91 Å². The van der Waals surface area contributed by atoms with Crippen LogP contribution in [0.15, 0.2) is 48.5 Å². The molecule has 6 heteroatoms. The van der Waals surface area contributed by atoms with Gasteiger partial charge >= 0.3 is 0 Å². The standard InChI is InChI=1S/C21H23N3O3/c1-14-7-8-16(15(2)13-14)9-10-20(26)24-18-6-4-3-5-17(18)21(27)23-12-11-19(22)25/h3-10,13H,11-12H2,1-2H3,(H2,22,25)(H,23,27)(H,24,26). The Morgan fingerprint density at radius 2 is 1.81 bits per heavy atom. The number of amides is 3. The van der Waals surface area contributed by atoms with Gasteiger partial charge in [0, 0.05) is 19.0 Å². The van der Waals surface area contributed by atoms with Crippen LogP contribution in [0.2, 0.25) is 0 Å². The molecule has 27 heavy (non-hydrogen) atoms. The van der Waals surface area contributed by atoms with Crippen LogP contribution in [0, 0.1) is 13.8 Å². The van der Waals surface area contributed by atoms with Gasteiger partial charge in [-0.2, -0.15) is 0 Å². The lowest BCUT2D eigenvalue weighted by Crippen LogP contribution is -2.28. The van der Waals surface area contributed by atoms with Gasteiger partial charge in [0.2, 0.25) is 11.8 Å². The van der Waals surface area contributed by atoms with Crippen LogP contribution in [0.5, 0.6) is 0 Å². The van der Waals surface area contributed by atoms with E-state index in [1.54, 1.807) is 30.3 Å². The smallest absolute Gasteiger partial charge is 0.253 e. The van der Waals surface area contributed by atoms with Crippen LogP contribution in [-0.2, 0) is 9.59 Å². The van der Waals surface area contributed by atoms with Crippen molar-refractivity contribution in [3.8, 4) is 0 Å². The quantitative estimate of drug-likeness (QED) is 0.657. The van der Waals surface area contributed by atoms with Gasteiger partial charge in [-0.3, -0.25) is 14.4 Å². The molecule has 0 spiro atoms. The zero-order valence-corrected chi connectivity index (χ0v) is 15.4. The molecule has 0 aromatic heterocycles. The zero-order valence-electron chi connectivity index (χ0n) is 15.4. The molecule has 3 amide bonds. The maximum absolute atomic E-state index is 12.3. The second kappa shape index (κ2) is 9.33. The molecule has 0 bridgehead atoms. The topological polar surface area (TPSA) is 101 Å². The van der Waals surface area contributed by atoms with Crippen molar-refractivity contribution in [3.63, 3.8) is 0 Å². The lowest BCUT2D eigenvalue weighted by Gasteiger charge is -2.10. The lowest BCUT2D eigenvalue weighted by atomic mass is 10.1. The SMILES string of the molecule is Cc1ccc(C=CC(=O)Nc2ccccc2C(=O)NCCC(N)=O)c(C)c1. The van der Waals surface area contributed by atoms with Gasteiger partial charge in [0.15, 0.2) is 0 Å². The monoisotopic (exact) mass is 365 g/mol. The van der Waals surface area contributed by atoms with Gasteiger partial charge in [0.05, 0.1) is 11.3 Å². The first-order chi connectivity index (χ1) is 12.9. The molecule has 0 atom stereocenters. The van der Waals surface area contributed by atoms with Gasteiger partial charge in [-0.05, 0) is 43.2 Å². The minimum Gasteiger partial charge on any atom is -0.370 e. The van der Waals surface area contributed by atoms with Gasteiger partial charge < -0.3 is 16.4 Å². The summed E-state index contributed by atoms with van der Waals surface area (Å²) in [6, 6.07) is 12.6. The summed E-state index contributed by atoms with van der Waals surface area (Å²) in [5, 5.41) is 5.32. The summed E-state index contributed by atoms with van der Waals surface area (Å²) in [5.74, 6) is -1.22. The van der Waals surface area contributed by atoms with Crippen LogP contribution in [0.4, 0.5) is 5.69 Å². The maximum Gasteiger partial charge on any atom is 0.253 e. The van der Waals surface area contributed by atoms with Crippen LogP contribution in [0.1, 0.15) is 33.5 Å². The van der Waals surface area contributed by atoms with Crippen molar-refractivity contribution in [2.75, 3.05) is 11.9 Å². The molecule has 2 aromatic carbocycles. The van der Waals surface area contributed by atoms with E-state index in [1.807, 2.05) is 32.0 Å². The van der Waals surface area contributed by atoms with E-state index in [0.29, 0.717) is 11.3 Å². The fourth-order valence-corrected chi connectivity index (χ4v) is 2.54. The van der Waals surface area contributed by atoms with Crippen molar-refractivity contribution in [1.82, 2.24) is 5.32 Å². The molecule has 0 aliphatic rings. The summed E-state index contributed by atoms with van der Waals surface area (Å²) < 4.78 is 0. The molecule has 0 saturated heterocycles. The van der Waals surface area contributed by atoms with Gasteiger partial charge in [-0.15, -0.1) is 0 Å². The number of benzene rings is 2. The highest BCUT2D eigenvalue weighted by Gasteiger charge is 2.12. The van der Waals surface area contributed by atoms with Crippen molar-refractivity contribution < 1.29 is 14.4 Å². The number of para-hydroxylation sites is 1. The summed E-state index contributed by atoms with van der Waals surface area (Å²) in [7, 11) is 0. The van der Waals surface area contributed by atoms with E-state index in [4.69, 9.17) is 5.73 Å². The predicted octanol–water partition coefficient (Wildman–Crippen LogP) is 2.56. The summed E-state index contributed by atoms with van der Waals surface area (Å²) in [6.07, 6.45) is 3.22. The first kappa shape index (κ1) is 19.9. The van der Waals surface area contributed by atoms with Crippen molar-refractivity contribution in [3.05, 3.63) is 70.8 Å². The Hall–Kier alpha value is -3.41. The number of hydrogen-bond donors (Lipinski definition) is 3. The minimum absolute atomic E-state index is 0.0545. The van der Waals surface area contributed by atoms with Gasteiger partial charge in [0.25, 0.3) is 5.91 Å². The zero-order chi connectivity index (χ0) is 19.8. The third kappa shape index (κ3) is 6.11. The van der Waals surface area contributed by atoms with Crippen LogP contribution >= 0.6 is 0 Å². The molecule has 0 saturated carbocycles. The third-order valence-corrected chi connectivity index (χ3v) is 3.93. The average molecular weight is 365 g/mol. The highest BCUT2D eigenvalue weighted by Crippen LogP contribution is 2.16. The Morgan fingerprint density at radius 1 is 1.07 bits per heavy atom. The molecular weight excluding hydrogens is 342 g/mol. The lowest BCUT2D eigenvalue weighted by molar-refractivity contribution is -0.118. The number of carbonyl (C=O) groups excluding carboxylic acids is 3. The molecule has 6 nitrogen and oxygen atoms in total. The van der Waals surface area contributed by atoms with Gasteiger partial charge in [-0.1, -0.05) is 35.9 Å². The van der Waals surface area contributed by atoms with Crippen LogP contribution < -0.4 is 16.4 Å². The first-order valence-electron chi connectivity index (χ1n) is 8.58. The fraction of sp³-hybridized carbons (Fsp3) is 0.190. The average Bonchev–Trinajstić information content (AvgIpc) is 2.61. The highest BCUT2D eigenvalue weighted by molar-refractivity contribution is 6.07. The number of nitrogens with two attached hydrogens (primary N) is 1. The Morgan fingerprint density at radius 3 is 2.52 bits per heavy atom. The molecule has 4 N–H and O–H groups in total. The van der Waals surface area contributed by atoms with Crippen molar-refractivity contribution in [2.24, 2.45) is 5.73 Å². The summed E-state index contributed by atoms with van der Waals surface area (Å²) in [6.45, 7) is 4.14. The van der Waals surface area contributed by atoms with E-state index in [0.717, 1.165) is 16.7 Å². The van der Waals surface area contributed by atoms with E-state index in [-0.39, 0.29) is 24.8 Å². The normalized spacial score (nSPS) is 10.6.